The van der Waals surface area contributed by atoms with Crippen LogP contribution in [0, 0.1) is 0 Å². The summed E-state index contributed by atoms with van der Waals surface area (Å²) in [6.07, 6.45) is 0.774. The molecule has 2 rings (SSSR count). The molecule has 0 bridgehead atoms. The van der Waals surface area contributed by atoms with Gasteiger partial charge in [0.2, 0.25) is 0 Å². The van der Waals surface area contributed by atoms with E-state index in [4.69, 9.17) is 9.84 Å². The Morgan fingerprint density at radius 1 is 1.05 bits per heavy atom. The van der Waals surface area contributed by atoms with E-state index in [1.165, 1.54) is 0 Å². The van der Waals surface area contributed by atoms with E-state index in [2.05, 4.69) is 6.58 Å². The topological polar surface area (TPSA) is 46.5 Å². The molecule has 0 saturated heterocycles. The number of carboxylic acids is 1. The van der Waals surface area contributed by atoms with Crippen LogP contribution in [-0.2, 0) is 4.79 Å². The number of carbonyl (C=O) groups is 1. The fourth-order valence-electron chi connectivity index (χ4n) is 2.04. The molecule has 3 heteroatoms. The van der Waals surface area contributed by atoms with E-state index in [-0.39, 0.29) is 11.7 Å². The Morgan fingerprint density at radius 2 is 1.62 bits per heavy atom. The summed E-state index contributed by atoms with van der Waals surface area (Å²) in [4.78, 5) is 10.9. The molecule has 21 heavy (non-hydrogen) atoms. The van der Waals surface area contributed by atoms with E-state index >= 15 is 0 Å². The number of aliphatic carboxylic acids is 1. The molecular weight excluding hydrogens is 264 g/mol. The number of benzene rings is 2. The zero-order chi connectivity index (χ0) is 15.1. The molecule has 1 atom stereocenters. The number of rotatable bonds is 7. The lowest BCUT2D eigenvalue weighted by Gasteiger charge is -2.19. The van der Waals surface area contributed by atoms with Crippen LogP contribution in [0.5, 0.6) is 5.75 Å². The third-order valence-corrected chi connectivity index (χ3v) is 3.20. The maximum atomic E-state index is 10.9. The number of hydrogen-bond acceptors (Lipinski definition) is 2. The summed E-state index contributed by atoms with van der Waals surface area (Å²) < 4.78 is 6.00. The summed E-state index contributed by atoms with van der Waals surface area (Å²) in [5.41, 5.74) is 1.23. The molecule has 0 amide bonds. The molecule has 0 aromatic heterocycles. The Morgan fingerprint density at radius 3 is 2.19 bits per heavy atom. The van der Waals surface area contributed by atoms with E-state index in [1.807, 2.05) is 60.7 Å². The Bertz CT molecular complexity index is 590. The van der Waals surface area contributed by atoms with Crippen LogP contribution < -0.4 is 4.74 Å². The summed E-state index contributed by atoms with van der Waals surface area (Å²) in [7, 11) is 0. The number of hydrogen-bond donors (Lipinski definition) is 1. The van der Waals surface area contributed by atoms with E-state index in [0.717, 1.165) is 11.3 Å². The Hall–Kier alpha value is -2.55. The highest BCUT2D eigenvalue weighted by Crippen LogP contribution is 2.27. The van der Waals surface area contributed by atoms with Crippen LogP contribution in [0.2, 0.25) is 0 Å². The van der Waals surface area contributed by atoms with Crippen LogP contribution in [0.1, 0.15) is 24.5 Å². The zero-order valence-electron chi connectivity index (χ0n) is 11.7. The van der Waals surface area contributed by atoms with Crippen molar-refractivity contribution in [2.45, 2.75) is 18.9 Å². The smallest absolute Gasteiger partial charge is 0.330 e. The van der Waals surface area contributed by atoms with Gasteiger partial charge in [0.05, 0.1) is 0 Å². The molecule has 1 N–H and O–H groups in total. The van der Waals surface area contributed by atoms with Gasteiger partial charge < -0.3 is 9.84 Å². The molecule has 2 aromatic carbocycles. The van der Waals surface area contributed by atoms with Crippen molar-refractivity contribution in [2.75, 3.05) is 0 Å². The van der Waals surface area contributed by atoms with Gasteiger partial charge in [-0.1, -0.05) is 55.1 Å². The van der Waals surface area contributed by atoms with Crippen LogP contribution in [0.3, 0.4) is 0 Å². The van der Waals surface area contributed by atoms with Gasteiger partial charge in [-0.15, -0.1) is 0 Å². The lowest BCUT2D eigenvalue weighted by atomic mass is 10.0. The maximum Gasteiger partial charge on any atom is 0.330 e. The Balaban J connectivity index is 2.11. The highest BCUT2D eigenvalue weighted by molar-refractivity contribution is 5.85. The molecule has 2 aromatic rings. The minimum atomic E-state index is -0.957. The maximum absolute atomic E-state index is 10.9. The van der Waals surface area contributed by atoms with Crippen LogP contribution in [0.25, 0.3) is 0 Å². The van der Waals surface area contributed by atoms with Crippen LogP contribution >= 0.6 is 0 Å². The fraction of sp³-hybridized carbons (Fsp3) is 0.167. The highest BCUT2D eigenvalue weighted by Gasteiger charge is 2.15. The van der Waals surface area contributed by atoms with E-state index in [0.29, 0.717) is 12.8 Å². The fourth-order valence-corrected chi connectivity index (χ4v) is 2.04. The first-order valence-electron chi connectivity index (χ1n) is 6.84. The average Bonchev–Trinajstić information content (AvgIpc) is 2.52. The van der Waals surface area contributed by atoms with Gasteiger partial charge in [0, 0.05) is 5.57 Å². The molecular formula is C18H18O3. The van der Waals surface area contributed by atoms with Crippen molar-refractivity contribution in [3.05, 3.63) is 78.4 Å². The third-order valence-electron chi connectivity index (χ3n) is 3.20. The van der Waals surface area contributed by atoms with Gasteiger partial charge in [0.25, 0.3) is 0 Å². The Kier molecular flexibility index (Phi) is 5.16. The number of ether oxygens (including phenoxy) is 1. The first-order chi connectivity index (χ1) is 10.2. The van der Waals surface area contributed by atoms with Gasteiger partial charge in [-0.2, -0.15) is 0 Å². The van der Waals surface area contributed by atoms with Crippen molar-refractivity contribution >= 4 is 5.97 Å². The van der Waals surface area contributed by atoms with Gasteiger partial charge in [-0.3, -0.25) is 0 Å². The van der Waals surface area contributed by atoms with Crippen molar-refractivity contribution in [3.8, 4) is 5.75 Å². The highest BCUT2D eigenvalue weighted by atomic mass is 16.5. The minimum absolute atomic E-state index is 0.190. The standard InChI is InChI=1S/C18H18O3/c1-14(18(19)20)12-13-17(15-8-4-2-5-9-15)21-16-10-6-3-7-11-16/h2-11,17H,1,12-13H2,(H,19,20). The van der Waals surface area contributed by atoms with Gasteiger partial charge >= 0.3 is 5.97 Å². The quantitative estimate of drug-likeness (QED) is 0.773. The molecule has 1 unspecified atom stereocenters. The molecule has 0 radical (unpaired) electrons. The molecule has 0 saturated carbocycles. The van der Waals surface area contributed by atoms with E-state index in [9.17, 15) is 4.79 Å². The molecule has 0 heterocycles. The molecule has 0 aliphatic rings. The second-order valence-electron chi connectivity index (χ2n) is 4.78. The van der Waals surface area contributed by atoms with Crippen LogP contribution in [0.15, 0.2) is 72.8 Å². The zero-order valence-corrected chi connectivity index (χ0v) is 11.7. The van der Waals surface area contributed by atoms with Crippen molar-refractivity contribution < 1.29 is 14.6 Å². The second-order valence-corrected chi connectivity index (χ2v) is 4.78. The van der Waals surface area contributed by atoms with Gasteiger partial charge in [0.1, 0.15) is 11.9 Å². The van der Waals surface area contributed by atoms with Gasteiger partial charge in [0.15, 0.2) is 0 Å². The summed E-state index contributed by atoms with van der Waals surface area (Å²) in [6.45, 7) is 3.57. The first kappa shape index (κ1) is 14.9. The summed E-state index contributed by atoms with van der Waals surface area (Å²) in [5, 5.41) is 8.91. The predicted molar refractivity (Wildman–Crippen MR) is 82.3 cm³/mol. The third kappa shape index (κ3) is 4.49. The van der Waals surface area contributed by atoms with Gasteiger partial charge in [-0.25, -0.2) is 4.79 Å². The van der Waals surface area contributed by atoms with Crippen LogP contribution in [-0.4, -0.2) is 11.1 Å². The predicted octanol–water partition coefficient (Wildman–Crippen LogP) is 4.23. The van der Waals surface area contributed by atoms with E-state index < -0.39 is 5.97 Å². The number of para-hydroxylation sites is 1. The van der Waals surface area contributed by atoms with Crippen LogP contribution in [0.4, 0.5) is 0 Å². The van der Waals surface area contributed by atoms with Crippen molar-refractivity contribution in [1.82, 2.24) is 0 Å². The monoisotopic (exact) mass is 282 g/mol. The SMILES string of the molecule is C=C(CCC(Oc1ccccc1)c1ccccc1)C(=O)O. The molecule has 0 fully saturated rings. The second kappa shape index (κ2) is 7.29. The molecule has 0 aliphatic carbocycles. The summed E-state index contributed by atoms with van der Waals surface area (Å²) in [6, 6.07) is 19.3. The largest absolute Gasteiger partial charge is 0.486 e. The average molecular weight is 282 g/mol. The Labute approximate surface area is 124 Å². The molecule has 108 valence electrons. The molecule has 3 nitrogen and oxygen atoms in total. The lowest BCUT2D eigenvalue weighted by molar-refractivity contribution is -0.132. The summed E-state index contributed by atoms with van der Waals surface area (Å²) >= 11 is 0. The van der Waals surface area contributed by atoms with E-state index in [1.54, 1.807) is 0 Å². The lowest BCUT2D eigenvalue weighted by Crippen LogP contribution is -2.09. The molecule has 0 aliphatic heterocycles. The van der Waals surface area contributed by atoms with Crippen molar-refractivity contribution in [2.24, 2.45) is 0 Å². The summed E-state index contributed by atoms with van der Waals surface area (Å²) in [5.74, 6) is -0.186. The minimum Gasteiger partial charge on any atom is -0.486 e. The molecule has 0 spiro atoms. The first-order valence-corrected chi connectivity index (χ1v) is 6.84. The van der Waals surface area contributed by atoms with Crippen molar-refractivity contribution in [1.29, 1.82) is 0 Å². The van der Waals surface area contributed by atoms with Crippen molar-refractivity contribution in [3.63, 3.8) is 0 Å². The normalized spacial score (nSPS) is 11.6. The number of carboxylic acid groups (broad SMARTS) is 1. The van der Waals surface area contributed by atoms with Gasteiger partial charge in [-0.05, 0) is 30.5 Å².